The molecule has 152 valence electrons. The van der Waals surface area contributed by atoms with Crippen molar-refractivity contribution in [3.8, 4) is 17.6 Å². The zero-order chi connectivity index (χ0) is 21.4. The van der Waals surface area contributed by atoms with Gasteiger partial charge in [0, 0.05) is 5.56 Å². The normalized spacial score (nSPS) is 22.2. The van der Waals surface area contributed by atoms with E-state index in [0.29, 0.717) is 11.4 Å². The van der Waals surface area contributed by atoms with Crippen LogP contribution in [0.4, 0.5) is 4.39 Å². The van der Waals surface area contributed by atoms with E-state index in [4.69, 9.17) is 10.1 Å². The van der Waals surface area contributed by atoms with Crippen molar-refractivity contribution in [1.29, 1.82) is 5.41 Å². The van der Waals surface area contributed by atoms with Gasteiger partial charge in [-0.1, -0.05) is 5.92 Å². The van der Waals surface area contributed by atoms with Gasteiger partial charge in [-0.2, -0.15) is 0 Å². The van der Waals surface area contributed by atoms with Crippen LogP contribution in [0.1, 0.15) is 37.7 Å². The van der Waals surface area contributed by atoms with Gasteiger partial charge in [-0.3, -0.25) is 5.41 Å². The Labute approximate surface area is 169 Å². The van der Waals surface area contributed by atoms with Crippen molar-refractivity contribution >= 4 is 15.7 Å². The van der Waals surface area contributed by atoms with Crippen LogP contribution in [0, 0.1) is 23.1 Å². The largest absolute Gasteiger partial charge is 0.497 e. The third-order valence-corrected chi connectivity index (χ3v) is 7.77. The highest BCUT2D eigenvalue weighted by atomic mass is 32.2. The van der Waals surface area contributed by atoms with Crippen molar-refractivity contribution in [2.24, 2.45) is 0 Å². The molecule has 0 radical (unpaired) electrons. The Morgan fingerprint density at radius 2 is 1.79 bits per heavy atom. The molecule has 6 nitrogen and oxygen atoms in total. The lowest BCUT2D eigenvalue weighted by atomic mass is 9.96. The predicted molar refractivity (Wildman–Crippen MR) is 109 cm³/mol. The van der Waals surface area contributed by atoms with E-state index in [-0.39, 0.29) is 17.3 Å². The molecule has 1 aliphatic rings. The summed E-state index contributed by atoms with van der Waals surface area (Å²) in [6.07, 6.45) is 0. The lowest BCUT2D eigenvalue weighted by Crippen LogP contribution is -2.64. The first-order valence-corrected chi connectivity index (χ1v) is 10.6. The van der Waals surface area contributed by atoms with Crippen molar-refractivity contribution in [3.05, 3.63) is 59.2 Å². The average molecular weight is 415 g/mol. The maximum Gasteiger partial charge on any atom is 0.165 e. The minimum atomic E-state index is -3.70. The number of aromatic nitrogens is 1. The van der Waals surface area contributed by atoms with Gasteiger partial charge < -0.3 is 10.1 Å². The topological polar surface area (TPSA) is 92.1 Å². The predicted octanol–water partition coefficient (Wildman–Crippen LogP) is 2.62. The third-order valence-electron chi connectivity index (χ3n) is 5.05. The molecule has 1 fully saturated rings. The number of rotatable bonds is 2. The molecular weight excluding hydrogens is 393 g/mol. The van der Waals surface area contributed by atoms with E-state index in [0.717, 1.165) is 5.56 Å². The molecule has 2 N–H and O–H groups in total. The first-order chi connectivity index (χ1) is 13.5. The number of nitrogens with one attached hydrogen (secondary N) is 2. The van der Waals surface area contributed by atoms with E-state index >= 15 is 0 Å². The van der Waals surface area contributed by atoms with Gasteiger partial charge in [0.25, 0.3) is 0 Å². The summed E-state index contributed by atoms with van der Waals surface area (Å²) in [4.78, 5) is 4.27. The molecule has 0 saturated carbocycles. The number of ether oxygens (including phenoxy) is 1. The van der Waals surface area contributed by atoms with Crippen LogP contribution in [0.3, 0.4) is 0 Å². The summed E-state index contributed by atoms with van der Waals surface area (Å²) in [5.41, 5.74) is -0.420. The van der Waals surface area contributed by atoms with Gasteiger partial charge in [-0.15, -0.1) is 0 Å². The van der Waals surface area contributed by atoms with Crippen LogP contribution in [-0.4, -0.2) is 36.8 Å². The Bertz CT molecular complexity index is 1130. The molecule has 0 bridgehead atoms. The fraction of sp³-hybridized carbons (Fsp3) is 0.333. The molecule has 0 aliphatic carbocycles. The van der Waals surface area contributed by atoms with Crippen molar-refractivity contribution in [1.82, 2.24) is 10.3 Å². The summed E-state index contributed by atoms with van der Waals surface area (Å²) in [6.45, 7) is 4.44. The van der Waals surface area contributed by atoms with Gasteiger partial charge in [0.15, 0.2) is 9.84 Å². The van der Waals surface area contributed by atoms with E-state index in [1.54, 1.807) is 31.4 Å². The zero-order valence-electron chi connectivity index (χ0n) is 16.6. The number of nitrogens with zero attached hydrogens (tertiary/aromatic N) is 1. The second-order valence-corrected chi connectivity index (χ2v) is 10.1. The first-order valence-electron chi connectivity index (χ1n) is 8.91. The minimum absolute atomic E-state index is 0.0807. The molecule has 8 heteroatoms. The third kappa shape index (κ3) is 3.83. The molecule has 1 aliphatic heterocycles. The van der Waals surface area contributed by atoms with Crippen molar-refractivity contribution < 1.29 is 17.5 Å². The van der Waals surface area contributed by atoms with Crippen LogP contribution >= 0.6 is 0 Å². The van der Waals surface area contributed by atoms with Crippen molar-refractivity contribution in [2.75, 3.05) is 12.9 Å². The summed E-state index contributed by atoms with van der Waals surface area (Å²) in [6, 6.07) is 9.78. The van der Waals surface area contributed by atoms with Gasteiger partial charge >= 0.3 is 0 Å². The molecule has 1 aromatic heterocycles. The minimum Gasteiger partial charge on any atom is -0.497 e. The summed E-state index contributed by atoms with van der Waals surface area (Å²) < 4.78 is 43.7. The zero-order valence-corrected chi connectivity index (χ0v) is 17.4. The Morgan fingerprint density at radius 3 is 2.38 bits per heavy atom. The van der Waals surface area contributed by atoms with Crippen molar-refractivity contribution in [3.63, 3.8) is 0 Å². The lowest BCUT2D eigenvalue weighted by molar-refractivity contribution is 0.409. The SMILES string of the molecule is COc1ccc(C#Cc2ccc(F)c([C@]3(C)CS(=O)(=O)C(C)(C)C(=N)N3)n2)cc1. The average Bonchev–Trinajstić information content (AvgIpc) is 2.66. The molecule has 29 heavy (non-hydrogen) atoms. The maximum absolute atomic E-state index is 14.6. The lowest BCUT2D eigenvalue weighted by Gasteiger charge is -2.42. The quantitative estimate of drug-likeness (QED) is 0.736. The molecule has 1 atom stereocenters. The summed E-state index contributed by atoms with van der Waals surface area (Å²) >= 11 is 0. The number of sulfone groups is 1. The number of pyridine rings is 1. The van der Waals surface area contributed by atoms with Crippen LogP contribution in [0.15, 0.2) is 36.4 Å². The van der Waals surface area contributed by atoms with E-state index in [1.165, 1.54) is 32.9 Å². The highest BCUT2D eigenvalue weighted by Crippen LogP contribution is 2.34. The second kappa shape index (κ2) is 7.16. The highest BCUT2D eigenvalue weighted by molar-refractivity contribution is 7.93. The van der Waals surface area contributed by atoms with E-state index in [1.807, 2.05) is 0 Å². The van der Waals surface area contributed by atoms with Gasteiger partial charge in [0.2, 0.25) is 0 Å². The first kappa shape index (κ1) is 20.8. The number of benzene rings is 1. The van der Waals surface area contributed by atoms with Crippen LogP contribution in [-0.2, 0) is 15.4 Å². The van der Waals surface area contributed by atoms with Crippen LogP contribution in [0.5, 0.6) is 5.75 Å². The van der Waals surface area contributed by atoms with Gasteiger partial charge in [0.1, 0.15) is 33.5 Å². The Balaban J connectivity index is 1.98. The van der Waals surface area contributed by atoms with Gasteiger partial charge in [-0.05, 0) is 63.1 Å². The maximum atomic E-state index is 14.6. The van der Waals surface area contributed by atoms with Crippen molar-refractivity contribution in [2.45, 2.75) is 31.1 Å². The van der Waals surface area contributed by atoms with E-state index in [9.17, 15) is 12.8 Å². The molecule has 2 heterocycles. The van der Waals surface area contributed by atoms with Crippen LogP contribution in [0.2, 0.25) is 0 Å². The monoisotopic (exact) mass is 415 g/mol. The highest BCUT2D eigenvalue weighted by Gasteiger charge is 2.51. The molecular formula is C21H22FN3O3S. The molecule has 2 aromatic rings. The number of amidine groups is 1. The fourth-order valence-electron chi connectivity index (χ4n) is 3.02. The molecule has 1 aromatic carbocycles. The molecule has 0 amide bonds. The van der Waals surface area contributed by atoms with Gasteiger partial charge in [0.05, 0.1) is 18.4 Å². The smallest absolute Gasteiger partial charge is 0.165 e. The summed E-state index contributed by atoms with van der Waals surface area (Å²) in [5.74, 6) is 5.29. The molecule has 0 unspecified atom stereocenters. The molecule has 1 saturated heterocycles. The number of hydrogen-bond donors (Lipinski definition) is 2. The Morgan fingerprint density at radius 1 is 1.14 bits per heavy atom. The number of halogens is 1. The Kier molecular flexibility index (Phi) is 5.13. The number of methoxy groups -OCH3 is 1. The molecule has 0 spiro atoms. The summed E-state index contributed by atoms with van der Waals surface area (Å²) in [7, 11) is -2.12. The van der Waals surface area contributed by atoms with Gasteiger partial charge in [-0.25, -0.2) is 17.8 Å². The Hall–Kier alpha value is -2.92. The molecule has 3 rings (SSSR count). The second-order valence-electron chi connectivity index (χ2n) is 7.61. The van der Waals surface area contributed by atoms with Crippen LogP contribution < -0.4 is 10.1 Å². The van der Waals surface area contributed by atoms with Crippen LogP contribution in [0.25, 0.3) is 0 Å². The van der Waals surface area contributed by atoms with E-state index in [2.05, 4.69) is 22.1 Å². The fourth-order valence-corrected chi connectivity index (χ4v) is 4.71. The number of hydrogen-bond acceptors (Lipinski definition) is 5. The summed E-state index contributed by atoms with van der Waals surface area (Å²) in [5, 5.41) is 11.0. The van der Waals surface area contributed by atoms with E-state index < -0.39 is 25.9 Å². The standard InChI is InChI=1S/C21H22FN3O3S/c1-20(2)19(23)25-21(3,13-29(20,26)27)18-17(22)12-9-15(24-18)8-5-14-6-10-16(28-4)11-7-14/h6-7,9-12H,13H2,1-4H3,(H2,23,25)/t21-/m0/s1.